The third-order valence-corrected chi connectivity index (χ3v) is 1.49. The number of rotatable bonds is 1. The molecule has 0 aromatic heterocycles. The van der Waals surface area contributed by atoms with Crippen LogP contribution < -0.4 is 0 Å². The van der Waals surface area contributed by atoms with Crippen molar-refractivity contribution in [1.29, 1.82) is 0 Å². The highest BCUT2D eigenvalue weighted by Gasteiger charge is 2.13. The minimum Gasteiger partial charge on any atom is -0.504 e. The Hall–Kier alpha value is -1.78. The quantitative estimate of drug-likeness (QED) is 0.377. The first-order valence-corrected chi connectivity index (χ1v) is 3.19. The van der Waals surface area contributed by atoms with E-state index in [0.717, 1.165) is 12.1 Å². The van der Waals surface area contributed by atoms with E-state index in [2.05, 4.69) is 0 Å². The van der Waals surface area contributed by atoms with E-state index in [-0.39, 0.29) is 11.4 Å². The lowest BCUT2D eigenvalue weighted by molar-refractivity contribution is -0.385. The van der Waals surface area contributed by atoms with Crippen molar-refractivity contribution in [2.24, 2.45) is 0 Å². The van der Waals surface area contributed by atoms with E-state index in [9.17, 15) is 10.1 Å². The molecule has 0 spiro atoms. The molecule has 0 aliphatic carbocycles. The number of hydrogen-bond donors (Lipinski definition) is 2. The van der Waals surface area contributed by atoms with Gasteiger partial charge in [0.25, 0.3) is 5.69 Å². The van der Waals surface area contributed by atoms with E-state index in [1.54, 1.807) is 0 Å². The van der Waals surface area contributed by atoms with Crippen LogP contribution in [-0.4, -0.2) is 15.1 Å². The normalized spacial score (nSPS) is 9.75. The van der Waals surface area contributed by atoms with Crippen molar-refractivity contribution in [2.75, 3.05) is 0 Å². The summed E-state index contributed by atoms with van der Waals surface area (Å²) < 4.78 is 0. The van der Waals surface area contributed by atoms with Gasteiger partial charge in [0.05, 0.1) is 11.0 Å². The van der Waals surface area contributed by atoms with Crippen molar-refractivity contribution in [3.05, 3.63) is 27.8 Å². The number of aromatic hydroxyl groups is 2. The Bertz CT molecular complexity index is 334. The van der Waals surface area contributed by atoms with Crippen LogP contribution in [-0.2, 0) is 0 Å². The molecule has 1 aromatic carbocycles. The fourth-order valence-corrected chi connectivity index (χ4v) is 0.867. The number of aryl methyl sites for hydroxylation is 1. The molecule has 1 rings (SSSR count). The van der Waals surface area contributed by atoms with Gasteiger partial charge in [-0.3, -0.25) is 10.1 Å². The maximum absolute atomic E-state index is 10.3. The highest BCUT2D eigenvalue weighted by atomic mass is 16.6. The van der Waals surface area contributed by atoms with Crippen LogP contribution in [0.4, 0.5) is 5.69 Å². The molecule has 0 heterocycles. The third-order valence-electron chi connectivity index (χ3n) is 1.49. The maximum Gasteiger partial charge on any atom is 0.276 e. The molecule has 64 valence electrons. The zero-order valence-electron chi connectivity index (χ0n) is 6.31. The Morgan fingerprint density at radius 3 is 2.33 bits per heavy atom. The van der Waals surface area contributed by atoms with Crippen molar-refractivity contribution in [2.45, 2.75) is 6.92 Å². The highest BCUT2D eigenvalue weighted by Crippen LogP contribution is 2.31. The second kappa shape index (κ2) is 2.69. The summed E-state index contributed by atoms with van der Waals surface area (Å²) in [6, 6.07) is 2.07. The average molecular weight is 169 g/mol. The summed E-state index contributed by atoms with van der Waals surface area (Å²) in [5.74, 6) is -0.828. The van der Waals surface area contributed by atoms with Gasteiger partial charge >= 0.3 is 0 Å². The van der Waals surface area contributed by atoms with E-state index < -0.39 is 10.7 Å². The Morgan fingerprint density at radius 1 is 1.33 bits per heavy atom. The number of nitro groups is 1. The van der Waals surface area contributed by atoms with Crippen molar-refractivity contribution in [3.63, 3.8) is 0 Å². The largest absolute Gasteiger partial charge is 0.504 e. The third kappa shape index (κ3) is 1.29. The molecule has 0 saturated heterocycles. The standard InChI is InChI=1S/C7H7NO4/c1-4-2-6(9)7(10)3-5(4)8(11)12/h2-3,9-10H,1H3. The number of phenolic OH excluding ortho intramolecular Hbond substituents is 2. The van der Waals surface area contributed by atoms with E-state index in [4.69, 9.17) is 10.2 Å². The molecular formula is C7H7NO4. The molecule has 0 atom stereocenters. The predicted octanol–water partition coefficient (Wildman–Crippen LogP) is 1.31. The summed E-state index contributed by atoms with van der Waals surface area (Å²) in [7, 11) is 0. The van der Waals surface area contributed by atoms with Crippen LogP contribution in [0.2, 0.25) is 0 Å². The van der Waals surface area contributed by atoms with Gasteiger partial charge < -0.3 is 10.2 Å². The lowest BCUT2D eigenvalue weighted by Crippen LogP contribution is -1.90. The summed E-state index contributed by atoms with van der Waals surface area (Å²) in [4.78, 5) is 9.68. The summed E-state index contributed by atoms with van der Waals surface area (Å²) in [6.45, 7) is 1.48. The monoisotopic (exact) mass is 169 g/mol. The Morgan fingerprint density at radius 2 is 1.83 bits per heavy atom. The summed E-state index contributed by atoms with van der Waals surface area (Å²) >= 11 is 0. The fourth-order valence-electron chi connectivity index (χ4n) is 0.867. The fraction of sp³-hybridized carbons (Fsp3) is 0.143. The molecule has 0 aliphatic rings. The van der Waals surface area contributed by atoms with Crippen molar-refractivity contribution in [1.82, 2.24) is 0 Å². The molecule has 0 saturated carbocycles. The lowest BCUT2D eigenvalue weighted by atomic mass is 10.2. The van der Waals surface area contributed by atoms with Crippen molar-refractivity contribution in [3.8, 4) is 11.5 Å². The van der Waals surface area contributed by atoms with Gasteiger partial charge in [0.15, 0.2) is 11.5 Å². The zero-order valence-corrected chi connectivity index (χ0v) is 6.31. The molecule has 0 amide bonds. The van der Waals surface area contributed by atoms with E-state index >= 15 is 0 Å². The first kappa shape index (κ1) is 8.32. The van der Waals surface area contributed by atoms with Crippen molar-refractivity contribution >= 4 is 5.69 Å². The van der Waals surface area contributed by atoms with Gasteiger partial charge in [-0.05, 0) is 13.0 Å². The molecule has 0 fully saturated rings. The molecule has 5 heteroatoms. The van der Waals surface area contributed by atoms with E-state index in [1.807, 2.05) is 0 Å². The van der Waals surface area contributed by atoms with Gasteiger partial charge in [-0.2, -0.15) is 0 Å². The molecule has 0 bridgehead atoms. The summed E-state index contributed by atoms with van der Waals surface area (Å²) in [6.07, 6.45) is 0. The van der Waals surface area contributed by atoms with Gasteiger partial charge in [0.1, 0.15) is 0 Å². The van der Waals surface area contributed by atoms with Crippen LogP contribution >= 0.6 is 0 Å². The average Bonchev–Trinajstić information content (AvgIpc) is 1.96. The van der Waals surface area contributed by atoms with Crippen molar-refractivity contribution < 1.29 is 15.1 Å². The van der Waals surface area contributed by atoms with Gasteiger partial charge in [0, 0.05) is 5.56 Å². The van der Waals surface area contributed by atoms with E-state index in [0.29, 0.717) is 5.56 Å². The van der Waals surface area contributed by atoms with Crippen LogP contribution in [0.3, 0.4) is 0 Å². The molecule has 1 aromatic rings. The lowest BCUT2D eigenvalue weighted by Gasteiger charge is -1.99. The van der Waals surface area contributed by atoms with Crippen LogP contribution in [0, 0.1) is 17.0 Å². The molecule has 2 N–H and O–H groups in total. The van der Waals surface area contributed by atoms with Crippen LogP contribution in [0.5, 0.6) is 11.5 Å². The first-order chi connectivity index (χ1) is 5.52. The second-order valence-electron chi connectivity index (χ2n) is 2.38. The topological polar surface area (TPSA) is 83.6 Å². The number of benzene rings is 1. The molecule has 0 radical (unpaired) electrons. The number of nitro benzene ring substituents is 1. The van der Waals surface area contributed by atoms with Crippen LogP contribution in [0.15, 0.2) is 12.1 Å². The van der Waals surface area contributed by atoms with Gasteiger partial charge in [-0.25, -0.2) is 0 Å². The summed E-state index contributed by atoms with van der Waals surface area (Å²) in [5.41, 5.74) is 0.112. The van der Waals surface area contributed by atoms with E-state index in [1.165, 1.54) is 6.92 Å². The SMILES string of the molecule is Cc1cc(O)c(O)cc1[N+](=O)[O-]. The summed E-state index contributed by atoms with van der Waals surface area (Å²) in [5, 5.41) is 28.2. The number of hydrogen-bond acceptors (Lipinski definition) is 4. The van der Waals surface area contributed by atoms with Crippen LogP contribution in [0.25, 0.3) is 0 Å². The number of nitrogens with zero attached hydrogens (tertiary/aromatic N) is 1. The molecule has 5 nitrogen and oxygen atoms in total. The Labute approximate surface area is 68.0 Å². The zero-order chi connectivity index (χ0) is 9.30. The Kier molecular flexibility index (Phi) is 1.86. The predicted molar refractivity (Wildman–Crippen MR) is 41.2 cm³/mol. The highest BCUT2D eigenvalue weighted by molar-refractivity contribution is 5.52. The second-order valence-corrected chi connectivity index (χ2v) is 2.38. The van der Waals surface area contributed by atoms with Gasteiger partial charge in [-0.15, -0.1) is 0 Å². The molecule has 0 unspecified atom stereocenters. The maximum atomic E-state index is 10.3. The number of phenols is 2. The smallest absolute Gasteiger partial charge is 0.276 e. The van der Waals surface area contributed by atoms with Gasteiger partial charge in [0.2, 0.25) is 0 Å². The molecule has 0 aliphatic heterocycles. The van der Waals surface area contributed by atoms with Gasteiger partial charge in [-0.1, -0.05) is 0 Å². The first-order valence-electron chi connectivity index (χ1n) is 3.19. The van der Waals surface area contributed by atoms with Crippen LogP contribution in [0.1, 0.15) is 5.56 Å². The molecular weight excluding hydrogens is 162 g/mol. The minimum atomic E-state index is -0.617. The Balaban J connectivity index is 3.33. The minimum absolute atomic E-state index is 0.203. The molecule has 12 heavy (non-hydrogen) atoms.